The summed E-state index contributed by atoms with van der Waals surface area (Å²) in [6.07, 6.45) is 0.642. The Labute approximate surface area is 109 Å². The van der Waals surface area contributed by atoms with Gasteiger partial charge in [0.05, 0.1) is 0 Å². The standard InChI is InChI=1S/C12H21N3O2S/c1-10(2)9-15-18(16,17)14-8-7-11-3-5-12(13)6-4-11/h3-6,10,14-15H,7-9,13H2,1-2H3. The number of nitrogens with two attached hydrogens (primary N) is 1. The molecular formula is C12H21N3O2S. The summed E-state index contributed by atoms with van der Waals surface area (Å²) < 4.78 is 28.1. The van der Waals surface area contributed by atoms with E-state index in [1.807, 2.05) is 26.0 Å². The van der Waals surface area contributed by atoms with E-state index in [0.717, 1.165) is 5.56 Å². The number of anilines is 1. The number of rotatable bonds is 7. The van der Waals surface area contributed by atoms with E-state index >= 15 is 0 Å². The maximum absolute atomic E-state index is 11.5. The number of hydrogen-bond acceptors (Lipinski definition) is 3. The third kappa shape index (κ3) is 6.00. The van der Waals surface area contributed by atoms with Gasteiger partial charge < -0.3 is 5.73 Å². The summed E-state index contributed by atoms with van der Waals surface area (Å²) in [4.78, 5) is 0. The van der Waals surface area contributed by atoms with Crippen molar-refractivity contribution >= 4 is 15.9 Å². The zero-order chi connectivity index (χ0) is 13.6. The van der Waals surface area contributed by atoms with E-state index in [9.17, 15) is 8.42 Å². The fraction of sp³-hybridized carbons (Fsp3) is 0.500. The van der Waals surface area contributed by atoms with Crippen LogP contribution in [0.3, 0.4) is 0 Å². The highest BCUT2D eigenvalue weighted by Gasteiger charge is 2.08. The third-order valence-corrected chi connectivity index (χ3v) is 3.50. The van der Waals surface area contributed by atoms with E-state index in [-0.39, 0.29) is 0 Å². The zero-order valence-electron chi connectivity index (χ0n) is 10.8. The van der Waals surface area contributed by atoms with Crippen molar-refractivity contribution in [3.8, 4) is 0 Å². The van der Waals surface area contributed by atoms with Gasteiger partial charge >= 0.3 is 0 Å². The van der Waals surface area contributed by atoms with Crippen LogP contribution >= 0.6 is 0 Å². The van der Waals surface area contributed by atoms with Crippen LogP contribution in [-0.2, 0) is 16.6 Å². The molecule has 5 nitrogen and oxygen atoms in total. The van der Waals surface area contributed by atoms with Gasteiger partial charge in [-0.05, 0) is 30.0 Å². The minimum absolute atomic E-state index is 0.290. The highest BCUT2D eigenvalue weighted by Crippen LogP contribution is 2.05. The van der Waals surface area contributed by atoms with Crippen LogP contribution in [0.1, 0.15) is 19.4 Å². The molecule has 102 valence electrons. The van der Waals surface area contributed by atoms with Gasteiger partial charge in [0, 0.05) is 18.8 Å². The Morgan fingerprint density at radius 1 is 1.17 bits per heavy atom. The molecule has 0 aromatic heterocycles. The molecule has 18 heavy (non-hydrogen) atoms. The Hall–Kier alpha value is -1.11. The van der Waals surface area contributed by atoms with Crippen molar-refractivity contribution < 1.29 is 8.42 Å². The van der Waals surface area contributed by atoms with Gasteiger partial charge in [0.2, 0.25) is 0 Å². The fourth-order valence-electron chi connectivity index (χ4n) is 1.34. The van der Waals surface area contributed by atoms with Crippen LogP contribution < -0.4 is 15.2 Å². The predicted octanol–water partition coefficient (Wildman–Crippen LogP) is 0.891. The quantitative estimate of drug-likeness (QED) is 0.644. The minimum Gasteiger partial charge on any atom is -0.399 e. The van der Waals surface area contributed by atoms with Crippen LogP contribution in [-0.4, -0.2) is 21.5 Å². The molecule has 0 aliphatic carbocycles. The smallest absolute Gasteiger partial charge is 0.276 e. The summed E-state index contributed by atoms with van der Waals surface area (Å²) in [5.74, 6) is 0.290. The molecule has 0 saturated carbocycles. The first-order chi connectivity index (χ1) is 8.39. The van der Waals surface area contributed by atoms with Crippen LogP contribution in [0.15, 0.2) is 24.3 Å². The lowest BCUT2D eigenvalue weighted by Crippen LogP contribution is -2.39. The second-order valence-corrected chi connectivity index (χ2v) is 6.22. The van der Waals surface area contributed by atoms with Gasteiger partial charge in [0.15, 0.2) is 0 Å². The van der Waals surface area contributed by atoms with Crippen LogP contribution in [0, 0.1) is 5.92 Å². The molecule has 1 aromatic carbocycles. The summed E-state index contributed by atoms with van der Waals surface area (Å²) in [5, 5.41) is 0. The maximum Gasteiger partial charge on any atom is 0.276 e. The SMILES string of the molecule is CC(C)CNS(=O)(=O)NCCc1ccc(N)cc1. The van der Waals surface area contributed by atoms with Crippen molar-refractivity contribution in [1.29, 1.82) is 0 Å². The first-order valence-corrected chi connectivity index (χ1v) is 7.46. The average Bonchev–Trinajstić information content (AvgIpc) is 2.29. The molecule has 0 radical (unpaired) electrons. The molecule has 0 unspecified atom stereocenters. The predicted molar refractivity (Wildman–Crippen MR) is 74.3 cm³/mol. The van der Waals surface area contributed by atoms with Crippen molar-refractivity contribution in [3.05, 3.63) is 29.8 Å². The summed E-state index contributed by atoms with van der Waals surface area (Å²) in [6, 6.07) is 7.40. The summed E-state index contributed by atoms with van der Waals surface area (Å²) in [6.45, 7) is 4.72. The monoisotopic (exact) mass is 271 g/mol. The highest BCUT2D eigenvalue weighted by molar-refractivity contribution is 7.87. The summed E-state index contributed by atoms with van der Waals surface area (Å²) in [7, 11) is -3.38. The lowest BCUT2D eigenvalue weighted by molar-refractivity contribution is 0.547. The van der Waals surface area contributed by atoms with Crippen LogP contribution in [0.2, 0.25) is 0 Å². The van der Waals surface area contributed by atoms with Gasteiger partial charge in [-0.25, -0.2) is 9.44 Å². The number of nitrogens with one attached hydrogen (secondary N) is 2. The van der Waals surface area contributed by atoms with Gasteiger partial charge in [-0.2, -0.15) is 8.42 Å². The van der Waals surface area contributed by atoms with Crippen LogP contribution in [0.4, 0.5) is 5.69 Å². The van der Waals surface area contributed by atoms with Crippen LogP contribution in [0.5, 0.6) is 0 Å². The molecule has 0 spiro atoms. The molecule has 0 aliphatic heterocycles. The molecule has 0 atom stereocenters. The molecule has 0 fully saturated rings. The van der Waals surface area contributed by atoms with Crippen molar-refractivity contribution in [2.24, 2.45) is 5.92 Å². The zero-order valence-corrected chi connectivity index (χ0v) is 11.6. The summed E-state index contributed by atoms with van der Waals surface area (Å²) >= 11 is 0. The summed E-state index contributed by atoms with van der Waals surface area (Å²) in [5.41, 5.74) is 7.33. The van der Waals surface area contributed by atoms with E-state index in [1.165, 1.54) is 0 Å². The van der Waals surface area contributed by atoms with Crippen LogP contribution in [0.25, 0.3) is 0 Å². The molecule has 0 amide bonds. The van der Waals surface area contributed by atoms with Gasteiger partial charge in [-0.15, -0.1) is 0 Å². The van der Waals surface area contributed by atoms with Gasteiger partial charge in [0.25, 0.3) is 10.2 Å². The fourth-order valence-corrected chi connectivity index (χ4v) is 2.37. The Balaban J connectivity index is 2.34. The Morgan fingerprint density at radius 2 is 1.78 bits per heavy atom. The molecule has 1 rings (SSSR count). The van der Waals surface area contributed by atoms with Gasteiger partial charge in [0.1, 0.15) is 0 Å². The van der Waals surface area contributed by atoms with Crippen molar-refractivity contribution in [3.63, 3.8) is 0 Å². The van der Waals surface area contributed by atoms with E-state index in [4.69, 9.17) is 5.73 Å². The van der Waals surface area contributed by atoms with Crippen molar-refractivity contribution in [2.75, 3.05) is 18.8 Å². The second kappa shape index (κ2) is 6.72. The van der Waals surface area contributed by atoms with E-state index in [0.29, 0.717) is 31.1 Å². The number of hydrogen-bond donors (Lipinski definition) is 3. The highest BCUT2D eigenvalue weighted by atomic mass is 32.2. The Kier molecular flexibility index (Phi) is 5.58. The topological polar surface area (TPSA) is 84.2 Å². The number of nitrogen functional groups attached to an aromatic ring is 1. The molecule has 0 heterocycles. The van der Waals surface area contributed by atoms with E-state index in [1.54, 1.807) is 12.1 Å². The van der Waals surface area contributed by atoms with E-state index in [2.05, 4.69) is 9.44 Å². The Bertz CT molecular complexity index is 455. The van der Waals surface area contributed by atoms with Crippen molar-refractivity contribution in [1.82, 2.24) is 9.44 Å². The molecule has 1 aromatic rings. The lowest BCUT2D eigenvalue weighted by Gasteiger charge is -2.10. The van der Waals surface area contributed by atoms with E-state index < -0.39 is 10.2 Å². The normalized spacial score (nSPS) is 11.9. The molecular weight excluding hydrogens is 250 g/mol. The van der Waals surface area contributed by atoms with Crippen molar-refractivity contribution in [2.45, 2.75) is 20.3 Å². The first kappa shape index (κ1) is 14.9. The maximum atomic E-state index is 11.5. The Morgan fingerprint density at radius 3 is 2.33 bits per heavy atom. The minimum atomic E-state index is -3.38. The average molecular weight is 271 g/mol. The second-order valence-electron chi connectivity index (χ2n) is 4.63. The lowest BCUT2D eigenvalue weighted by atomic mass is 10.1. The molecule has 4 N–H and O–H groups in total. The third-order valence-electron chi connectivity index (χ3n) is 2.37. The molecule has 0 saturated heterocycles. The molecule has 0 bridgehead atoms. The largest absolute Gasteiger partial charge is 0.399 e. The molecule has 0 aliphatic rings. The van der Waals surface area contributed by atoms with Gasteiger partial charge in [-0.3, -0.25) is 0 Å². The number of benzene rings is 1. The molecule has 6 heteroatoms. The van der Waals surface area contributed by atoms with Gasteiger partial charge in [-0.1, -0.05) is 26.0 Å². The first-order valence-electron chi connectivity index (χ1n) is 5.98.